The largest absolute Gasteiger partial charge is 0.481 e. The summed E-state index contributed by atoms with van der Waals surface area (Å²) in [4.78, 5) is 40.8. The molecule has 0 unspecified atom stereocenters. The lowest BCUT2D eigenvalue weighted by molar-refractivity contribution is -0.141. The first-order chi connectivity index (χ1) is 17.8. The SMILES string of the molecule is Cc1ccc2[nH]c(=O)c(C3=NN(C(=O)CCC(=O)O)[C@@H](c4ccc(Br)cc4)C3)c(-c3ccccc3)c2c1. The molecule has 0 aliphatic carbocycles. The van der Waals surface area contributed by atoms with Gasteiger partial charge < -0.3 is 10.1 Å². The molecule has 4 aromatic rings. The normalized spacial score (nSPS) is 15.1. The van der Waals surface area contributed by atoms with Crippen LogP contribution in [0.3, 0.4) is 0 Å². The standard InChI is InChI=1S/C29H24BrN3O4/c1-17-7-12-22-21(15-17)27(19-5-3-2-4-6-19)28(29(37)31-22)23-16-24(18-8-10-20(30)11-9-18)33(32-23)25(34)13-14-26(35)36/h2-12,15,24H,13-14,16H2,1H3,(H,31,37)(H,35,36)/t24-/m1/s1. The fourth-order valence-electron chi connectivity index (χ4n) is 4.75. The van der Waals surface area contributed by atoms with Gasteiger partial charge in [-0.05, 0) is 42.3 Å². The molecule has 2 N–H and O–H groups in total. The molecule has 0 saturated carbocycles. The Morgan fingerprint density at radius 3 is 2.46 bits per heavy atom. The van der Waals surface area contributed by atoms with Crippen molar-refractivity contribution in [2.75, 3.05) is 0 Å². The minimum absolute atomic E-state index is 0.183. The Morgan fingerprint density at radius 2 is 1.76 bits per heavy atom. The highest BCUT2D eigenvalue weighted by Crippen LogP contribution is 2.37. The summed E-state index contributed by atoms with van der Waals surface area (Å²) in [6.45, 7) is 2.00. The number of aryl methyl sites for hydroxylation is 1. The van der Waals surface area contributed by atoms with E-state index < -0.39 is 17.9 Å². The number of carboxylic acid groups (broad SMARTS) is 1. The van der Waals surface area contributed by atoms with Gasteiger partial charge in [0.05, 0.1) is 23.7 Å². The van der Waals surface area contributed by atoms with Crippen LogP contribution in [0.4, 0.5) is 0 Å². The molecule has 5 rings (SSSR count). The summed E-state index contributed by atoms with van der Waals surface area (Å²) in [5.74, 6) is -1.45. The van der Waals surface area contributed by atoms with Gasteiger partial charge in [0.2, 0.25) is 5.91 Å². The third kappa shape index (κ3) is 4.97. The maximum absolute atomic E-state index is 13.6. The summed E-state index contributed by atoms with van der Waals surface area (Å²) in [6.07, 6.45) is -0.156. The molecule has 1 aliphatic rings. The van der Waals surface area contributed by atoms with Gasteiger partial charge in [0.15, 0.2) is 0 Å². The minimum atomic E-state index is -1.05. The van der Waals surface area contributed by atoms with Gasteiger partial charge in [0.1, 0.15) is 0 Å². The van der Waals surface area contributed by atoms with Crippen LogP contribution in [0.1, 0.15) is 42.0 Å². The Hall–Kier alpha value is -4.04. The summed E-state index contributed by atoms with van der Waals surface area (Å²) >= 11 is 3.44. The van der Waals surface area contributed by atoms with E-state index in [2.05, 4.69) is 26.0 Å². The van der Waals surface area contributed by atoms with Crippen LogP contribution in [0.25, 0.3) is 22.0 Å². The van der Waals surface area contributed by atoms with Crippen LogP contribution in [-0.2, 0) is 9.59 Å². The van der Waals surface area contributed by atoms with Crippen molar-refractivity contribution in [1.29, 1.82) is 0 Å². The van der Waals surface area contributed by atoms with Crippen LogP contribution in [0, 0.1) is 6.92 Å². The third-order valence-electron chi connectivity index (χ3n) is 6.49. The van der Waals surface area contributed by atoms with Crippen LogP contribution in [-0.4, -0.2) is 32.7 Å². The van der Waals surface area contributed by atoms with E-state index >= 15 is 0 Å². The number of halogens is 1. The van der Waals surface area contributed by atoms with Gasteiger partial charge in [-0.1, -0.05) is 70.0 Å². The van der Waals surface area contributed by atoms with E-state index in [1.807, 2.05) is 79.7 Å². The van der Waals surface area contributed by atoms with Gasteiger partial charge in [0.25, 0.3) is 5.56 Å². The number of amides is 1. The predicted molar refractivity (Wildman–Crippen MR) is 146 cm³/mol. The number of carbonyl (C=O) groups is 2. The number of aromatic amines is 1. The average Bonchev–Trinajstić information content (AvgIpc) is 3.32. The number of aromatic nitrogens is 1. The van der Waals surface area contributed by atoms with E-state index in [1.165, 1.54) is 5.01 Å². The maximum Gasteiger partial charge on any atom is 0.303 e. The van der Waals surface area contributed by atoms with Crippen LogP contribution < -0.4 is 5.56 Å². The average molecular weight is 558 g/mol. The van der Waals surface area contributed by atoms with Crippen LogP contribution in [0.5, 0.6) is 0 Å². The molecule has 3 aromatic carbocycles. The predicted octanol–water partition coefficient (Wildman–Crippen LogP) is 5.81. The summed E-state index contributed by atoms with van der Waals surface area (Å²) in [5, 5.41) is 16.0. The van der Waals surface area contributed by atoms with E-state index in [9.17, 15) is 14.4 Å². The van der Waals surface area contributed by atoms with Gasteiger partial charge in [0, 0.05) is 33.8 Å². The summed E-state index contributed by atoms with van der Waals surface area (Å²) in [7, 11) is 0. The molecule has 0 radical (unpaired) electrons. The number of nitrogens with zero attached hydrogens (tertiary/aromatic N) is 2. The van der Waals surface area contributed by atoms with Gasteiger partial charge in [-0.25, -0.2) is 5.01 Å². The van der Waals surface area contributed by atoms with Crippen LogP contribution in [0.15, 0.2) is 87.2 Å². The number of nitrogens with one attached hydrogen (secondary N) is 1. The van der Waals surface area contributed by atoms with Crippen molar-refractivity contribution in [3.63, 3.8) is 0 Å². The topological polar surface area (TPSA) is 103 Å². The lowest BCUT2D eigenvalue weighted by Crippen LogP contribution is -2.27. The Kier molecular flexibility index (Phi) is 6.76. The van der Waals surface area contributed by atoms with E-state index in [1.54, 1.807) is 0 Å². The number of hydrazone groups is 1. The Bertz CT molecular complexity index is 1590. The molecular weight excluding hydrogens is 534 g/mol. The van der Waals surface area contributed by atoms with Crippen molar-refractivity contribution in [2.24, 2.45) is 5.10 Å². The van der Waals surface area contributed by atoms with Gasteiger partial charge in [-0.15, -0.1) is 0 Å². The molecule has 0 fully saturated rings. The third-order valence-corrected chi connectivity index (χ3v) is 7.02. The summed E-state index contributed by atoms with van der Waals surface area (Å²) < 4.78 is 0.895. The zero-order chi connectivity index (χ0) is 26.1. The van der Waals surface area contributed by atoms with Crippen molar-refractivity contribution in [1.82, 2.24) is 9.99 Å². The lowest BCUT2D eigenvalue weighted by Gasteiger charge is -2.22. The molecule has 0 bridgehead atoms. The second kappa shape index (κ2) is 10.1. The van der Waals surface area contributed by atoms with Crippen molar-refractivity contribution in [3.05, 3.63) is 104 Å². The molecular formula is C29H24BrN3O4. The molecule has 0 saturated heterocycles. The molecule has 7 nitrogen and oxygen atoms in total. The molecule has 8 heteroatoms. The number of hydrogen-bond acceptors (Lipinski definition) is 4. The first-order valence-corrected chi connectivity index (χ1v) is 12.7. The summed E-state index contributed by atoms with van der Waals surface area (Å²) in [5.41, 5.74) is 4.86. The fraction of sp³-hybridized carbons (Fsp3) is 0.172. The van der Waals surface area contributed by atoms with Crippen molar-refractivity contribution >= 4 is 44.4 Å². The maximum atomic E-state index is 13.6. The fourth-order valence-corrected chi connectivity index (χ4v) is 5.02. The number of aliphatic carboxylic acids is 1. The molecule has 1 atom stereocenters. The first kappa shape index (κ1) is 24.6. The number of benzene rings is 3. The monoisotopic (exact) mass is 557 g/mol. The molecule has 0 spiro atoms. The smallest absolute Gasteiger partial charge is 0.303 e. The van der Waals surface area contributed by atoms with Crippen LogP contribution in [0.2, 0.25) is 0 Å². The van der Waals surface area contributed by atoms with E-state index in [-0.39, 0.29) is 18.4 Å². The second-order valence-electron chi connectivity index (χ2n) is 9.07. The number of rotatable bonds is 6. The van der Waals surface area contributed by atoms with E-state index in [0.717, 1.165) is 37.6 Å². The molecule has 1 aromatic heterocycles. The number of H-pyrrole nitrogens is 1. The quantitative estimate of drug-likeness (QED) is 0.312. The minimum Gasteiger partial charge on any atom is -0.481 e. The number of pyridine rings is 1. The highest BCUT2D eigenvalue weighted by atomic mass is 79.9. The highest BCUT2D eigenvalue weighted by molar-refractivity contribution is 9.10. The van der Waals surface area contributed by atoms with Gasteiger partial charge in [-0.3, -0.25) is 14.4 Å². The van der Waals surface area contributed by atoms with Crippen LogP contribution >= 0.6 is 15.9 Å². The zero-order valence-electron chi connectivity index (χ0n) is 20.1. The van der Waals surface area contributed by atoms with E-state index in [4.69, 9.17) is 5.11 Å². The van der Waals surface area contributed by atoms with Crippen molar-refractivity contribution < 1.29 is 14.7 Å². The second-order valence-corrected chi connectivity index (χ2v) is 9.99. The van der Waals surface area contributed by atoms with Crippen molar-refractivity contribution in [3.8, 4) is 11.1 Å². The summed E-state index contributed by atoms with van der Waals surface area (Å²) in [6, 6.07) is 22.7. The lowest BCUT2D eigenvalue weighted by atomic mass is 9.90. The Balaban J connectivity index is 1.69. The van der Waals surface area contributed by atoms with Gasteiger partial charge in [-0.2, -0.15) is 5.10 Å². The van der Waals surface area contributed by atoms with E-state index in [0.29, 0.717) is 17.7 Å². The highest BCUT2D eigenvalue weighted by Gasteiger charge is 2.35. The Morgan fingerprint density at radius 1 is 1.03 bits per heavy atom. The van der Waals surface area contributed by atoms with Gasteiger partial charge >= 0.3 is 5.97 Å². The molecule has 186 valence electrons. The first-order valence-electron chi connectivity index (χ1n) is 11.9. The number of carbonyl (C=O) groups excluding carboxylic acids is 1. The van der Waals surface area contributed by atoms with Crippen molar-refractivity contribution in [2.45, 2.75) is 32.2 Å². The Labute approximate surface area is 221 Å². The molecule has 37 heavy (non-hydrogen) atoms. The molecule has 1 amide bonds. The number of fused-ring (bicyclic) bond motifs is 1. The zero-order valence-corrected chi connectivity index (χ0v) is 21.7. The molecule has 2 heterocycles. The number of carboxylic acids is 1. The number of hydrogen-bond donors (Lipinski definition) is 2. The molecule has 1 aliphatic heterocycles.